The van der Waals surface area contributed by atoms with E-state index < -0.39 is 0 Å². The van der Waals surface area contributed by atoms with Crippen molar-refractivity contribution in [3.8, 4) is 0 Å². The lowest BCUT2D eigenvalue weighted by Gasteiger charge is -2.03. The number of rotatable bonds is 6. The van der Waals surface area contributed by atoms with Gasteiger partial charge in [0.15, 0.2) is 0 Å². The second-order valence-electron chi connectivity index (χ2n) is 4.40. The van der Waals surface area contributed by atoms with Crippen LogP contribution in [0.5, 0.6) is 0 Å². The van der Waals surface area contributed by atoms with Crippen LogP contribution < -0.4 is 0 Å². The first-order valence-electron chi connectivity index (χ1n) is 5.77. The second kappa shape index (κ2) is 7.98. The van der Waals surface area contributed by atoms with Crippen LogP contribution >= 0.6 is 0 Å². The second-order valence-corrected chi connectivity index (χ2v) is 4.40. The highest BCUT2D eigenvalue weighted by Crippen LogP contribution is 2.14. The minimum atomic E-state index is 0.489. The molecule has 0 aliphatic rings. The summed E-state index contributed by atoms with van der Waals surface area (Å²) in [6.45, 7) is 11.8. The lowest BCUT2D eigenvalue weighted by molar-refractivity contribution is 0.391. The summed E-state index contributed by atoms with van der Waals surface area (Å²) in [5.41, 5.74) is 3.50. The first-order chi connectivity index (χ1) is 7.47. The molecule has 0 heterocycles. The zero-order valence-corrected chi connectivity index (χ0v) is 11.0. The van der Waals surface area contributed by atoms with Crippen molar-refractivity contribution in [1.29, 1.82) is 0 Å². The van der Waals surface area contributed by atoms with Gasteiger partial charge in [-0.15, -0.1) is 0 Å². The number of aliphatic hydroxyl groups is 1. The van der Waals surface area contributed by atoms with Gasteiger partial charge in [-0.3, -0.25) is 0 Å². The van der Waals surface area contributed by atoms with Crippen LogP contribution in [0, 0.1) is 0 Å². The van der Waals surface area contributed by atoms with Crippen molar-refractivity contribution in [3.05, 3.63) is 47.3 Å². The molecule has 0 radical (unpaired) electrons. The molecule has 90 valence electrons. The van der Waals surface area contributed by atoms with Crippen LogP contribution in [0.2, 0.25) is 0 Å². The van der Waals surface area contributed by atoms with E-state index in [1.807, 2.05) is 19.9 Å². The summed E-state index contributed by atoms with van der Waals surface area (Å²) in [5.74, 6) is 0.489. The molecule has 0 aromatic rings. The summed E-state index contributed by atoms with van der Waals surface area (Å²) < 4.78 is 0. The predicted molar refractivity (Wildman–Crippen MR) is 72.6 cm³/mol. The van der Waals surface area contributed by atoms with E-state index in [0.29, 0.717) is 12.2 Å². The van der Waals surface area contributed by atoms with E-state index >= 15 is 0 Å². The number of aliphatic hydroxyl groups excluding tert-OH is 1. The summed E-state index contributed by atoms with van der Waals surface area (Å²) in [5, 5.41) is 9.81. The molecular formula is C15H24O. The molecule has 0 aliphatic heterocycles. The van der Waals surface area contributed by atoms with Gasteiger partial charge in [0.2, 0.25) is 0 Å². The smallest absolute Gasteiger partial charge is 0.0949 e. The molecule has 1 heteroatoms. The van der Waals surface area contributed by atoms with Crippen LogP contribution in [0.4, 0.5) is 0 Å². The van der Waals surface area contributed by atoms with Gasteiger partial charge in [-0.05, 0) is 46.1 Å². The first kappa shape index (κ1) is 14.8. The Morgan fingerprint density at radius 3 is 2.25 bits per heavy atom. The van der Waals surface area contributed by atoms with Crippen LogP contribution in [-0.2, 0) is 0 Å². The summed E-state index contributed by atoms with van der Waals surface area (Å²) in [4.78, 5) is 0. The van der Waals surface area contributed by atoms with Gasteiger partial charge in [0.1, 0.15) is 0 Å². The highest BCUT2D eigenvalue weighted by molar-refractivity contribution is 5.17. The predicted octanol–water partition coefficient (Wildman–Crippen LogP) is 5.09. The zero-order valence-electron chi connectivity index (χ0n) is 11.0. The third-order valence-electron chi connectivity index (χ3n) is 2.50. The van der Waals surface area contributed by atoms with Crippen molar-refractivity contribution in [1.82, 2.24) is 0 Å². The molecule has 0 atom stereocenters. The van der Waals surface area contributed by atoms with E-state index in [4.69, 9.17) is 0 Å². The van der Waals surface area contributed by atoms with Crippen LogP contribution in [0.3, 0.4) is 0 Å². The molecule has 0 amide bonds. The van der Waals surface area contributed by atoms with Crippen molar-refractivity contribution in [2.75, 3.05) is 0 Å². The van der Waals surface area contributed by atoms with Crippen LogP contribution in [-0.4, -0.2) is 5.11 Å². The molecule has 1 nitrogen and oxygen atoms in total. The fraction of sp³-hybridized carbons (Fsp3) is 0.467. The van der Waals surface area contributed by atoms with E-state index in [1.54, 1.807) is 6.08 Å². The SMILES string of the molecule is C=CC(C)=CCC(O)=C(C)CCC=C(C)C. The zero-order chi connectivity index (χ0) is 12.6. The van der Waals surface area contributed by atoms with E-state index in [0.717, 1.165) is 24.0 Å². The molecule has 0 spiro atoms. The Labute approximate surface area is 99.9 Å². The van der Waals surface area contributed by atoms with Gasteiger partial charge >= 0.3 is 0 Å². The standard InChI is InChI=1S/C15H24O/c1-6-13(4)10-11-15(16)14(5)9-7-8-12(2)3/h6,8,10,16H,1,7,9,11H2,2-5H3. The Morgan fingerprint density at radius 1 is 1.12 bits per heavy atom. The lowest BCUT2D eigenvalue weighted by atomic mass is 10.1. The average Bonchev–Trinajstić information content (AvgIpc) is 2.24. The molecule has 0 bridgehead atoms. The maximum absolute atomic E-state index is 9.81. The first-order valence-corrected chi connectivity index (χ1v) is 5.77. The van der Waals surface area contributed by atoms with Gasteiger partial charge in [-0.25, -0.2) is 0 Å². The molecule has 0 fully saturated rings. The quantitative estimate of drug-likeness (QED) is 0.375. The van der Waals surface area contributed by atoms with Crippen LogP contribution in [0.25, 0.3) is 0 Å². The molecule has 16 heavy (non-hydrogen) atoms. The maximum atomic E-state index is 9.81. The molecule has 0 rings (SSSR count). The van der Waals surface area contributed by atoms with Crippen molar-refractivity contribution < 1.29 is 5.11 Å². The fourth-order valence-corrected chi connectivity index (χ4v) is 1.24. The topological polar surface area (TPSA) is 20.2 Å². The van der Waals surface area contributed by atoms with Gasteiger partial charge in [-0.2, -0.15) is 0 Å². The van der Waals surface area contributed by atoms with Crippen molar-refractivity contribution in [3.63, 3.8) is 0 Å². The Balaban J connectivity index is 4.25. The molecule has 0 unspecified atom stereocenters. The molecule has 0 aliphatic carbocycles. The lowest BCUT2D eigenvalue weighted by Crippen LogP contribution is -1.87. The van der Waals surface area contributed by atoms with E-state index in [2.05, 4.69) is 26.5 Å². The molecule has 0 aromatic carbocycles. The van der Waals surface area contributed by atoms with Crippen LogP contribution in [0.15, 0.2) is 47.3 Å². The van der Waals surface area contributed by atoms with Gasteiger partial charge in [-0.1, -0.05) is 36.0 Å². The molecule has 0 saturated heterocycles. The minimum Gasteiger partial charge on any atom is -0.512 e. The van der Waals surface area contributed by atoms with Gasteiger partial charge < -0.3 is 5.11 Å². The van der Waals surface area contributed by atoms with E-state index in [1.165, 1.54) is 5.57 Å². The van der Waals surface area contributed by atoms with Crippen molar-refractivity contribution in [2.45, 2.75) is 47.0 Å². The van der Waals surface area contributed by atoms with Gasteiger partial charge in [0, 0.05) is 6.42 Å². The normalized spacial score (nSPS) is 13.1. The third kappa shape index (κ3) is 7.10. The van der Waals surface area contributed by atoms with Crippen LogP contribution in [0.1, 0.15) is 47.0 Å². The Bertz CT molecular complexity index is 312. The molecular weight excluding hydrogens is 196 g/mol. The summed E-state index contributed by atoms with van der Waals surface area (Å²) in [6, 6.07) is 0. The summed E-state index contributed by atoms with van der Waals surface area (Å²) in [6.07, 6.45) is 8.53. The monoisotopic (exact) mass is 220 g/mol. The minimum absolute atomic E-state index is 0.489. The number of hydrogen-bond donors (Lipinski definition) is 1. The third-order valence-corrected chi connectivity index (χ3v) is 2.50. The highest BCUT2D eigenvalue weighted by Gasteiger charge is 1.98. The Hall–Kier alpha value is -1.24. The largest absolute Gasteiger partial charge is 0.512 e. The highest BCUT2D eigenvalue weighted by atomic mass is 16.3. The molecule has 0 saturated carbocycles. The maximum Gasteiger partial charge on any atom is 0.0949 e. The van der Waals surface area contributed by atoms with Crippen molar-refractivity contribution >= 4 is 0 Å². The van der Waals surface area contributed by atoms with E-state index in [9.17, 15) is 5.11 Å². The molecule has 0 aromatic heterocycles. The number of allylic oxidation sites excluding steroid dienone is 6. The number of hydrogen-bond acceptors (Lipinski definition) is 1. The van der Waals surface area contributed by atoms with E-state index in [-0.39, 0.29) is 0 Å². The summed E-state index contributed by atoms with van der Waals surface area (Å²) in [7, 11) is 0. The van der Waals surface area contributed by atoms with Crippen molar-refractivity contribution in [2.24, 2.45) is 0 Å². The van der Waals surface area contributed by atoms with Gasteiger partial charge in [0.25, 0.3) is 0 Å². The Kier molecular flexibility index (Phi) is 7.36. The fourth-order valence-electron chi connectivity index (χ4n) is 1.24. The average molecular weight is 220 g/mol. The summed E-state index contributed by atoms with van der Waals surface area (Å²) >= 11 is 0. The van der Waals surface area contributed by atoms with Gasteiger partial charge in [0.05, 0.1) is 5.76 Å². The molecule has 1 N–H and O–H groups in total. The Morgan fingerprint density at radius 2 is 1.75 bits per heavy atom.